The van der Waals surface area contributed by atoms with Gasteiger partial charge in [0.1, 0.15) is 0 Å². The molecule has 1 heteroatoms. The molecule has 0 heterocycles. The largest absolute Gasteiger partial charge is 0.303 e. The molecule has 0 atom stereocenters. The van der Waals surface area contributed by atoms with Crippen molar-refractivity contribution < 1.29 is 0 Å². The van der Waals surface area contributed by atoms with Crippen molar-refractivity contribution in [3.05, 3.63) is 0 Å². The molecule has 0 saturated heterocycles. The van der Waals surface area contributed by atoms with E-state index in [-0.39, 0.29) is 0 Å². The molecule has 14 heavy (non-hydrogen) atoms. The highest BCUT2D eigenvalue weighted by Crippen LogP contribution is 2.29. The van der Waals surface area contributed by atoms with E-state index >= 15 is 0 Å². The van der Waals surface area contributed by atoms with Gasteiger partial charge in [0.25, 0.3) is 0 Å². The second kappa shape index (κ2) is 5.75. The lowest BCUT2D eigenvalue weighted by molar-refractivity contribution is 0.150. The standard InChI is InChI=1S/C13H27N/c1-5-12-6-8-13(9-7-12)14(4)10-11(2)3/h11-13H,5-10H2,1-4H3/t12-,13+. The molecule has 0 amide bonds. The second-order valence-electron chi connectivity index (χ2n) is 5.42. The second-order valence-corrected chi connectivity index (χ2v) is 5.42. The number of hydrogen-bond donors (Lipinski definition) is 0. The van der Waals surface area contributed by atoms with Gasteiger partial charge in [0.2, 0.25) is 0 Å². The van der Waals surface area contributed by atoms with Crippen molar-refractivity contribution in [3.63, 3.8) is 0 Å². The van der Waals surface area contributed by atoms with Gasteiger partial charge in [-0.05, 0) is 44.6 Å². The Morgan fingerprint density at radius 1 is 1.14 bits per heavy atom. The first-order valence-electron chi connectivity index (χ1n) is 6.33. The Bertz CT molecular complexity index is 145. The summed E-state index contributed by atoms with van der Waals surface area (Å²) in [5, 5.41) is 0. The fourth-order valence-electron chi connectivity index (χ4n) is 2.72. The Labute approximate surface area is 89.9 Å². The monoisotopic (exact) mass is 197 g/mol. The van der Waals surface area contributed by atoms with Crippen molar-refractivity contribution in [1.82, 2.24) is 4.90 Å². The van der Waals surface area contributed by atoms with Crippen LogP contribution in [0.2, 0.25) is 0 Å². The topological polar surface area (TPSA) is 3.24 Å². The Balaban J connectivity index is 2.26. The van der Waals surface area contributed by atoms with Gasteiger partial charge in [0, 0.05) is 12.6 Å². The molecule has 1 aliphatic carbocycles. The summed E-state index contributed by atoms with van der Waals surface area (Å²) >= 11 is 0. The molecular weight excluding hydrogens is 170 g/mol. The molecule has 0 aromatic rings. The first kappa shape index (κ1) is 12.0. The minimum Gasteiger partial charge on any atom is -0.303 e. The van der Waals surface area contributed by atoms with Crippen LogP contribution >= 0.6 is 0 Å². The van der Waals surface area contributed by atoms with Gasteiger partial charge >= 0.3 is 0 Å². The summed E-state index contributed by atoms with van der Waals surface area (Å²) in [6.07, 6.45) is 7.18. The summed E-state index contributed by atoms with van der Waals surface area (Å²) in [5.41, 5.74) is 0. The SMILES string of the molecule is CC[C@H]1CC[C@@H](N(C)CC(C)C)CC1. The summed E-state index contributed by atoms with van der Waals surface area (Å²) in [4.78, 5) is 2.58. The normalized spacial score (nSPS) is 28.7. The number of rotatable bonds is 4. The zero-order valence-corrected chi connectivity index (χ0v) is 10.4. The Kier molecular flexibility index (Phi) is 4.94. The molecule has 0 aliphatic heterocycles. The summed E-state index contributed by atoms with van der Waals surface area (Å²) in [6.45, 7) is 8.23. The zero-order valence-electron chi connectivity index (χ0n) is 10.4. The number of hydrogen-bond acceptors (Lipinski definition) is 1. The van der Waals surface area contributed by atoms with E-state index in [0.717, 1.165) is 17.9 Å². The van der Waals surface area contributed by atoms with Gasteiger partial charge in [-0.25, -0.2) is 0 Å². The van der Waals surface area contributed by atoms with Crippen LogP contribution in [0.15, 0.2) is 0 Å². The van der Waals surface area contributed by atoms with Crippen LogP contribution < -0.4 is 0 Å². The van der Waals surface area contributed by atoms with Crippen LogP contribution in [0.5, 0.6) is 0 Å². The van der Waals surface area contributed by atoms with Gasteiger partial charge in [-0.15, -0.1) is 0 Å². The van der Waals surface area contributed by atoms with Crippen molar-refractivity contribution in [2.24, 2.45) is 11.8 Å². The summed E-state index contributed by atoms with van der Waals surface area (Å²) in [6, 6.07) is 0.875. The average molecular weight is 197 g/mol. The van der Waals surface area contributed by atoms with Crippen LogP contribution in [0.25, 0.3) is 0 Å². The molecule has 1 saturated carbocycles. The van der Waals surface area contributed by atoms with Crippen molar-refractivity contribution in [1.29, 1.82) is 0 Å². The lowest BCUT2D eigenvalue weighted by Crippen LogP contribution is -2.37. The predicted molar refractivity (Wildman–Crippen MR) is 63.5 cm³/mol. The highest BCUT2D eigenvalue weighted by Gasteiger charge is 2.22. The highest BCUT2D eigenvalue weighted by atomic mass is 15.1. The molecule has 84 valence electrons. The minimum absolute atomic E-state index is 0.809. The van der Waals surface area contributed by atoms with Crippen LogP contribution in [0.4, 0.5) is 0 Å². The van der Waals surface area contributed by atoms with Crippen molar-refractivity contribution >= 4 is 0 Å². The van der Waals surface area contributed by atoms with Crippen molar-refractivity contribution in [3.8, 4) is 0 Å². The average Bonchev–Trinajstić information content (AvgIpc) is 2.17. The molecule has 0 aromatic heterocycles. The molecule has 0 bridgehead atoms. The fraction of sp³-hybridized carbons (Fsp3) is 1.00. The lowest BCUT2D eigenvalue weighted by Gasteiger charge is -2.35. The molecule has 1 aliphatic rings. The molecule has 0 aromatic carbocycles. The number of nitrogens with zero attached hydrogens (tertiary/aromatic N) is 1. The first-order valence-corrected chi connectivity index (χ1v) is 6.33. The van der Waals surface area contributed by atoms with Gasteiger partial charge in [-0.2, -0.15) is 0 Å². The van der Waals surface area contributed by atoms with Crippen molar-refractivity contribution in [2.45, 2.75) is 58.9 Å². The van der Waals surface area contributed by atoms with Gasteiger partial charge in [-0.3, -0.25) is 0 Å². The molecule has 0 radical (unpaired) electrons. The predicted octanol–water partition coefficient (Wildman–Crippen LogP) is 3.54. The summed E-state index contributed by atoms with van der Waals surface area (Å²) in [5.74, 6) is 1.84. The third kappa shape index (κ3) is 3.61. The quantitative estimate of drug-likeness (QED) is 0.666. The van der Waals surface area contributed by atoms with E-state index in [0.29, 0.717) is 0 Å². The van der Waals surface area contributed by atoms with E-state index in [4.69, 9.17) is 0 Å². The van der Waals surface area contributed by atoms with Gasteiger partial charge in [0.15, 0.2) is 0 Å². The van der Waals surface area contributed by atoms with E-state index < -0.39 is 0 Å². The van der Waals surface area contributed by atoms with Gasteiger partial charge < -0.3 is 4.90 Å². The molecule has 0 N–H and O–H groups in total. The van der Waals surface area contributed by atoms with E-state index in [1.165, 1.54) is 38.6 Å². The van der Waals surface area contributed by atoms with Crippen LogP contribution in [0.1, 0.15) is 52.9 Å². The van der Waals surface area contributed by atoms with E-state index in [1.54, 1.807) is 0 Å². The Hall–Kier alpha value is -0.0400. The maximum Gasteiger partial charge on any atom is 0.00925 e. The van der Waals surface area contributed by atoms with Crippen LogP contribution in [0.3, 0.4) is 0 Å². The van der Waals surface area contributed by atoms with Crippen LogP contribution in [-0.4, -0.2) is 24.5 Å². The highest BCUT2D eigenvalue weighted by molar-refractivity contribution is 4.77. The molecule has 1 nitrogen and oxygen atoms in total. The minimum atomic E-state index is 0.809. The molecule has 0 unspecified atom stereocenters. The molecular formula is C13H27N. The fourth-order valence-corrected chi connectivity index (χ4v) is 2.72. The summed E-state index contributed by atoms with van der Waals surface area (Å²) < 4.78 is 0. The van der Waals surface area contributed by atoms with Crippen LogP contribution in [-0.2, 0) is 0 Å². The Morgan fingerprint density at radius 2 is 1.71 bits per heavy atom. The van der Waals surface area contributed by atoms with E-state index in [2.05, 4.69) is 32.7 Å². The van der Waals surface area contributed by atoms with E-state index in [9.17, 15) is 0 Å². The molecule has 1 fully saturated rings. The maximum absolute atomic E-state index is 2.58. The van der Waals surface area contributed by atoms with Crippen LogP contribution in [0, 0.1) is 11.8 Å². The van der Waals surface area contributed by atoms with E-state index in [1.807, 2.05) is 0 Å². The van der Waals surface area contributed by atoms with Gasteiger partial charge in [-0.1, -0.05) is 27.2 Å². The zero-order chi connectivity index (χ0) is 10.6. The Morgan fingerprint density at radius 3 is 2.14 bits per heavy atom. The third-order valence-corrected chi connectivity index (χ3v) is 3.67. The smallest absolute Gasteiger partial charge is 0.00925 e. The maximum atomic E-state index is 2.58. The summed E-state index contributed by atoms with van der Waals surface area (Å²) in [7, 11) is 2.30. The first-order chi connectivity index (χ1) is 6.63. The molecule has 0 spiro atoms. The molecule has 1 rings (SSSR count). The van der Waals surface area contributed by atoms with Gasteiger partial charge in [0.05, 0.1) is 0 Å². The van der Waals surface area contributed by atoms with Crippen molar-refractivity contribution in [2.75, 3.05) is 13.6 Å². The lowest BCUT2D eigenvalue weighted by atomic mass is 9.84. The third-order valence-electron chi connectivity index (χ3n) is 3.67.